The quantitative estimate of drug-likeness (QED) is 0.453. The Kier molecular flexibility index (Phi) is 1.64. The van der Waals surface area contributed by atoms with Crippen molar-refractivity contribution in [1.82, 2.24) is 0 Å². The van der Waals surface area contributed by atoms with Gasteiger partial charge in [-0.15, -0.1) is 0 Å². The Hall–Kier alpha value is -0.590. The molecule has 0 unspecified atom stereocenters. The van der Waals surface area contributed by atoms with E-state index in [2.05, 4.69) is 13.8 Å². The molecule has 1 nitrogen and oxygen atoms in total. The monoisotopic (exact) mass is 164 g/mol. The normalized spacial score (nSPS) is 41.9. The maximum Gasteiger partial charge on any atom is 0.142 e. The molecule has 2 saturated carbocycles. The molecule has 0 heterocycles. The van der Waals surface area contributed by atoms with Crippen molar-refractivity contribution in [2.45, 2.75) is 33.1 Å². The second-order valence-electron chi connectivity index (χ2n) is 4.52. The zero-order valence-electron chi connectivity index (χ0n) is 7.84. The molecule has 2 rings (SSSR count). The number of hydrogen-bond donors (Lipinski definition) is 0. The minimum atomic E-state index is 0.606. The van der Waals surface area contributed by atoms with Gasteiger partial charge in [0.15, 0.2) is 0 Å². The highest BCUT2D eigenvalue weighted by Crippen LogP contribution is 2.69. The third-order valence-electron chi connectivity index (χ3n) is 3.88. The summed E-state index contributed by atoms with van der Waals surface area (Å²) in [6.45, 7) is 4.62. The van der Waals surface area contributed by atoms with E-state index in [-0.39, 0.29) is 0 Å². The van der Waals surface area contributed by atoms with Gasteiger partial charge < -0.3 is 0 Å². The van der Waals surface area contributed by atoms with Gasteiger partial charge in [0.2, 0.25) is 0 Å². The van der Waals surface area contributed by atoms with Crippen molar-refractivity contribution >= 4 is 6.29 Å². The molecule has 0 radical (unpaired) electrons. The van der Waals surface area contributed by atoms with Crippen LogP contribution < -0.4 is 0 Å². The van der Waals surface area contributed by atoms with Gasteiger partial charge in [-0.2, -0.15) is 0 Å². The fourth-order valence-corrected chi connectivity index (χ4v) is 2.86. The van der Waals surface area contributed by atoms with E-state index in [1.807, 2.05) is 0 Å². The maximum atomic E-state index is 10.3. The van der Waals surface area contributed by atoms with Crippen molar-refractivity contribution in [3.05, 3.63) is 11.6 Å². The molecular formula is C11H16O. The molecule has 0 bridgehead atoms. The van der Waals surface area contributed by atoms with Gasteiger partial charge >= 0.3 is 0 Å². The summed E-state index contributed by atoms with van der Waals surface area (Å²) in [4.78, 5) is 10.3. The van der Waals surface area contributed by atoms with Gasteiger partial charge in [-0.3, -0.25) is 4.79 Å². The van der Waals surface area contributed by atoms with Crippen LogP contribution in [0.15, 0.2) is 11.6 Å². The minimum absolute atomic E-state index is 0.606. The Morgan fingerprint density at radius 3 is 2.75 bits per heavy atom. The number of aldehydes is 1. The number of hydrogen-bond acceptors (Lipinski definition) is 1. The van der Waals surface area contributed by atoms with Crippen molar-refractivity contribution < 1.29 is 4.79 Å². The Morgan fingerprint density at radius 1 is 1.58 bits per heavy atom. The number of carbonyl (C=O) groups excluding carboxylic acids is 1. The Morgan fingerprint density at radius 2 is 2.33 bits per heavy atom. The number of fused-ring (bicyclic) bond motifs is 1. The molecule has 0 spiro atoms. The van der Waals surface area contributed by atoms with Gasteiger partial charge in [-0.1, -0.05) is 19.4 Å². The Balaban J connectivity index is 2.15. The van der Waals surface area contributed by atoms with Gasteiger partial charge in [-0.05, 0) is 42.6 Å². The van der Waals surface area contributed by atoms with E-state index < -0.39 is 0 Å². The second kappa shape index (κ2) is 2.45. The first-order chi connectivity index (χ1) is 5.70. The van der Waals surface area contributed by atoms with Crippen molar-refractivity contribution in [3.8, 4) is 0 Å². The fraction of sp³-hybridized carbons (Fsp3) is 0.727. The molecule has 2 aliphatic carbocycles. The highest BCUT2D eigenvalue weighted by atomic mass is 16.1. The van der Waals surface area contributed by atoms with Crippen LogP contribution in [-0.4, -0.2) is 6.29 Å². The molecule has 0 aliphatic heterocycles. The SMILES string of the molecule is CC(C)[C@@]12CC/C(=C\C=O)[C@@H]1C2. The first kappa shape index (κ1) is 8.03. The van der Waals surface area contributed by atoms with Crippen LogP contribution in [-0.2, 0) is 4.79 Å². The highest BCUT2D eigenvalue weighted by Gasteiger charge is 2.60. The molecular weight excluding hydrogens is 148 g/mol. The van der Waals surface area contributed by atoms with E-state index in [0.29, 0.717) is 5.41 Å². The largest absolute Gasteiger partial charge is 0.299 e. The lowest BCUT2D eigenvalue weighted by atomic mass is 9.90. The van der Waals surface area contributed by atoms with Gasteiger partial charge in [-0.25, -0.2) is 0 Å². The van der Waals surface area contributed by atoms with Crippen LogP contribution in [0.2, 0.25) is 0 Å². The summed E-state index contributed by atoms with van der Waals surface area (Å²) in [5, 5.41) is 0. The Bertz CT molecular complexity index is 239. The van der Waals surface area contributed by atoms with Gasteiger partial charge in [0.25, 0.3) is 0 Å². The summed E-state index contributed by atoms with van der Waals surface area (Å²) in [5.41, 5.74) is 2.02. The smallest absolute Gasteiger partial charge is 0.142 e. The fourth-order valence-electron chi connectivity index (χ4n) is 2.86. The molecule has 0 amide bonds. The zero-order valence-corrected chi connectivity index (χ0v) is 7.84. The lowest BCUT2D eigenvalue weighted by Gasteiger charge is -2.15. The Labute approximate surface area is 73.8 Å². The summed E-state index contributed by atoms with van der Waals surface area (Å²) >= 11 is 0. The molecule has 2 atom stereocenters. The van der Waals surface area contributed by atoms with Crippen molar-refractivity contribution in [1.29, 1.82) is 0 Å². The lowest BCUT2D eigenvalue weighted by Crippen LogP contribution is -2.07. The van der Waals surface area contributed by atoms with E-state index in [9.17, 15) is 4.79 Å². The maximum absolute atomic E-state index is 10.3. The molecule has 0 aromatic carbocycles. The first-order valence-electron chi connectivity index (χ1n) is 4.85. The number of rotatable bonds is 2. The summed E-state index contributed by atoms with van der Waals surface area (Å²) in [6.07, 6.45) is 6.56. The third kappa shape index (κ3) is 0.886. The van der Waals surface area contributed by atoms with Crippen LogP contribution in [0.1, 0.15) is 33.1 Å². The van der Waals surface area contributed by atoms with Crippen LogP contribution in [0.4, 0.5) is 0 Å². The van der Waals surface area contributed by atoms with Crippen LogP contribution >= 0.6 is 0 Å². The average molecular weight is 164 g/mol. The van der Waals surface area contributed by atoms with Crippen molar-refractivity contribution in [2.24, 2.45) is 17.3 Å². The topological polar surface area (TPSA) is 17.1 Å². The summed E-state index contributed by atoms with van der Waals surface area (Å²) < 4.78 is 0. The van der Waals surface area contributed by atoms with Crippen LogP contribution in [0, 0.1) is 17.3 Å². The van der Waals surface area contributed by atoms with E-state index in [1.165, 1.54) is 24.8 Å². The number of allylic oxidation sites excluding steroid dienone is 2. The standard InChI is InChI=1S/C11H16O/c1-8(2)11-5-3-9(4-6-12)10(11)7-11/h4,6,8,10H,3,5,7H2,1-2H3/b9-4+/t10-,11-/m0/s1. The van der Waals surface area contributed by atoms with Crippen LogP contribution in [0.5, 0.6) is 0 Å². The molecule has 0 aromatic rings. The average Bonchev–Trinajstić information content (AvgIpc) is 2.67. The molecule has 12 heavy (non-hydrogen) atoms. The summed E-state index contributed by atoms with van der Waals surface area (Å²) in [5.74, 6) is 1.56. The van der Waals surface area contributed by atoms with Crippen LogP contribution in [0.25, 0.3) is 0 Å². The van der Waals surface area contributed by atoms with Crippen molar-refractivity contribution in [2.75, 3.05) is 0 Å². The second-order valence-corrected chi connectivity index (χ2v) is 4.52. The van der Waals surface area contributed by atoms with E-state index in [4.69, 9.17) is 0 Å². The van der Waals surface area contributed by atoms with E-state index in [1.54, 1.807) is 6.08 Å². The molecule has 0 saturated heterocycles. The van der Waals surface area contributed by atoms with Gasteiger partial charge in [0.1, 0.15) is 6.29 Å². The molecule has 1 heteroatoms. The predicted octanol–water partition coefficient (Wildman–Crippen LogP) is 2.57. The minimum Gasteiger partial charge on any atom is -0.299 e. The molecule has 66 valence electrons. The van der Waals surface area contributed by atoms with E-state index >= 15 is 0 Å². The number of carbonyl (C=O) groups is 1. The van der Waals surface area contributed by atoms with Crippen molar-refractivity contribution in [3.63, 3.8) is 0 Å². The third-order valence-corrected chi connectivity index (χ3v) is 3.88. The van der Waals surface area contributed by atoms with Gasteiger partial charge in [0.05, 0.1) is 0 Å². The summed E-state index contributed by atoms with van der Waals surface area (Å²) in [6, 6.07) is 0. The van der Waals surface area contributed by atoms with E-state index in [0.717, 1.165) is 18.1 Å². The molecule has 0 aromatic heterocycles. The molecule has 2 aliphatic rings. The predicted molar refractivity (Wildman–Crippen MR) is 48.8 cm³/mol. The lowest BCUT2D eigenvalue weighted by molar-refractivity contribution is -0.104. The first-order valence-corrected chi connectivity index (χ1v) is 4.85. The summed E-state index contributed by atoms with van der Waals surface area (Å²) in [7, 11) is 0. The van der Waals surface area contributed by atoms with Gasteiger partial charge in [0, 0.05) is 0 Å². The molecule has 0 N–H and O–H groups in total. The molecule has 2 fully saturated rings. The highest BCUT2D eigenvalue weighted by molar-refractivity contribution is 5.67. The van der Waals surface area contributed by atoms with Crippen LogP contribution in [0.3, 0.4) is 0 Å². The zero-order chi connectivity index (χ0) is 8.77.